The lowest BCUT2D eigenvalue weighted by Crippen LogP contribution is -2.43. The van der Waals surface area contributed by atoms with Gasteiger partial charge in [-0.15, -0.1) is 0 Å². The van der Waals surface area contributed by atoms with E-state index in [-0.39, 0.29) is 11.3 Å². The topological polar surface area (TPSA) is 85.8 Å². The van der Waals surface area contributed by atoms with Crippen LogP contribution in [0.15, 0.2) is 91.1 Å². The number of imidazole rings is 1. The molecule has 7 rings (SSSR count). The zero-order valence-electron chi connectivity index (χ0n) is 21.8. The van der Waals surface area contributed by atoms with Gasteiger partial charge in [0.1, 0.15) is 11.6 Å². The first kappa shape index (κ1) is 23.6. The number of hydrogen-bond acceptors (Lipinski definition) is 5. The number of hydrogen-bond donors (Lipinski definition) is 2. The third-order valence-corrected chi connectivity index (χ3v) is 7.96. The number of nitrogens with zero attached hydrogens (tertiary/aromatic N) is 3. The number of fused-ring (bicyclic) bond motifs is 5. The Balaban J connectivity index is 1.51. The van der Waals surface area contributed by atoms with Crippen molar-refractivity contribution in [1.82, 2.24) is 14.5 Å². The van der Waals surface area contributed by atoms with Crippen LogP contribution in [0.1, 0.15) is 37.3 Å². The largest absolute Gasteiger partial charge is 0.338 e. The summed E-state index contributed by atoms with van der Waals surface area (Å²) in [6.07, 6.45) is 5.40. The lowest BCUT2D eigenvalue weighted by Gasteiger charge is -2.38. The molecule has 0 saturated heterocycles. The second kappa shape index (κ2) is 9.03. The molecule has 1 aliphatic carbocycles. The Kier molecular flexibility index (Phi) is 5.46. The summed E-state index contributed by atoms with van der Waals surface area (Å²) in [6.45, 7) is 1.62. The highest BCUT2D eigenvalue weighted by atomic mass is 16.1. The standard InChI is InChI=1S/C33H29N5O/c1-21(39)19-22-7-4-8-24(20-22)29-30(23-12-14-25(15-13-23)33(34)16-6-17-33)38-28-11-5-18-35-31(28)36-27-10-3-2-9-26(27)32(38)37-29/h2-5,7-15,18,20H,6,16-17,19,34H2,1H3,(H,35,36). The number of anilines is 2. The third-order valence-electron chi connectivity index (χ3n) is 7.96. The Morgan fingerprint density at radius 2 is 1.79 bits per heavy atom. The summed E-state index contributed by atoms with van der Waals surface area (Å²) in [5.41, 5.74) is 15.3. The van der Waals surface area contributed by atoms with Crippen LogP contribution in [0, 0.1) is 0 Å². The van der Waals surface area contributed by atoms with Gasteiger partial charge >= 0.3 is 0 Å². The normalized spacial score (nSPS) is 14.7. The first-order valence-corrected chi connectivity index (χ1v) is 13.4. The Morgan fingerprint density at radius 3 is 2.56 bits per heavy atom. The van der Waals surface area contributed by atoms with Crippen LogP contribution in [-0.4, -0.2) is 20.3 Å². The second-order valence-corrected chi connectivity index (χ2v) is 10.7. The van der Waals surface area contributed by atoms with E-state index in [0.29, 0.717) is 6.42 Å². The van der Waals surface area contributed by atoms with Gasteiger partial charge in [0.2, 0.25) is 0 Å². The fourth-order valence-electron chi connectivity index (χ4n) is 5.81. The van der Waals surface area contributed by atoms with Gasteiger partial charge in [-0.3, -0.25) is 9.36 Å². The molecule has 0 bridgehead atoms. The van der Waals surface area contributed by atoms with Crippen LogP contribution in [-0.2, 0) is 16.8 Å². The van der Waals surface area contributed by atoms with Crippen molar-refractivity contribution in [2.24, 2.45) is 5.73 Å². The fourth-order valence-corrected chi connectivity index (χ4v) is 5.81. The summed E-state index contributed by atoms with van der Waals surface area (Å²) in [5, 5.41) is 3.52. The van der Waals surface area contributed by atoms with Crippen LogP contribution in [0.3, 0.4) is 0 Å². The molecule has 0 atom stereocenters. The fraction of sp³-hybridized carbons (Fsp3) is 0.182. The van der Waals surface area contributed by atoms with Gasteiger partial charge in [0, 0.05) is 34.8 Å². The van der Waals surface area contributed by atoms with Crippen molar-refractivity contribution in [3.63, 3.8) is 0 Å². The van der Waals surface area contributed by atoms with Crippen LogP contribution in [0.25, 0.3) is 39.6 Å². The highest BCUT2D eigenvalue weighted by Gasteiger charge is 2.34. The summed E-state index contributed by atoms with van der Waals surface area (Å²) in [6, 6.07) is 29.0. The number of pyridine rings is 1. The molecule has 0 unspecified atom stereocenters. The SMILES string of the molecule is CC(=O)Cc1cccc(-c2nc3n(c2-c2ccc(C4(N)CCC4)cc2)-c2cccnc2Nc2ccccc2-3)c1. The number of ketones is 1. The average Bonchev–Trinajstić information content (AvgIpc) is 3.26. The van der Waals surface area contributed by atoms with Crippen LogP contribution < -0.4 is 11.1 Å². The number of nitrogens with one attached hydrogen (secondary N) is 1. The van der Waals surface area contributed by atoms with E-state index in [4.69, 9.17) is 15.7 Å². The minimum atomic E-state index is -0.226. The van der Waals surface area contributed by atoms with Crippen molar-refractivity contribution in [2.75, 3.05) is 5.32 Å². The van der Waals surface area contributed by atoms with E-state index < -0.39 is 0 Å². The van der Waals surface area contributed by atoms with Crippen molar-refractivity contribution in [2.45, 2.75) is 38.1 Å². The minimum Gasteiger partial charge on any atom is -0.338 e. The smallest absolute Gasteiger partial charge is 0.154 e. The number of nitrogens with two attached hydrogens (primary N) is 1. The maximum Gasteiger partial charge on any atom is 0.154 e. The van der Waals surface area contributed by atoms with E-state index in [1.54, 1.807) is 13.1 Å². The highest BCUT2D eigenvalue weighted by Crippen LogP contribution is 2.45. The van der Waals surface area contributed by atoms with Crippen LogP contribution in [0.2, 0.25) is 0 Å². The summed E-state index contributed by atoms with van der Waals surface area (Å²) >= 11 is 0. The van der Waals surface area contributed by atoms with Crippen molar-refractivity contribution < 1.29 is 4.79 Å². The summed E-state index contributed by atoms with van der Waals surface area (Å²) < 4.78 is 2.21. The molecule has 1 saturated carbocycles. The molecule has 192 valence electrons. The van der Waals surface area contributed by atoms with Crippen LogP contribution in [0.5, 0.6) is 0 Å². The molecular formula is C33H29N5O. The molecule has 0 radical (unpaired) electrons. The summed E-state index contributed by atoms with van der Waals surface area (Å²) in [5.74, 6) is 1.74. The number of carbonyl (C=O) groups excluding carboxylic acids is 1. The van der Waals surface area contributed by atoms with Gasteiger partial charge in [-0.05, 0) is 67.6 Å². The predicted molar refractivity (Wildman–Crippen MR) is 155 cm³/mol. The highest BCUT2D eigenvalue weighted by molar-refractivity contribution is 5.91. The lowest BCUT2D eigenvalue weighted by molar-refractivity contribution is -0.116. The van der Waals surface area contributed by atoms with Crippen molar-refractivity contribution in [1.29, 1.82) is 0 Å². The van der Waals surface area contributed by atoms with Gasteiger partial charge in [0.25, 0.3) is 0 Å². The van der Waals surface area contributed by atoms with Gasteiger partial charge < -0.3 is 11.1 Å². The monoisotopic (exact) mass is 511 g/mol. The van der Waals surface area contributed by atoms with E-state index in [1.165, 1.54) is 12.0 Å². The van der Waals surface area contributed by atoms with Gasteiger partial charge in [-0.1, -0.05) is 54.6 Å². The zero-order chi connectivity index (χ0) is 26.6. The lowest BCUT2D eigenvalue weighted by atomic mass is 9.72. The van der Waals surface area contributed by atoms with Crippen molar-refractivity contribution in [3.8, 4) is 39.6 Å². The minimum absolute atomic E-state index is 0.135. The Labute approximate surface area is 227 Å². The molecule has 6 heteroatoms. The van der Waals surface area contributed by atoms with E-state index >= 15 is 0 Å². The number of rotatable bonds is 5. The molecule has 3 N–H and O–H groups in total. The van der Waals surface area contributed by atoms with E-state index in [2.05, 4.69) is 64.5 Å². The Hall–Kier alpha value is -4.55. The molecule has 1 aliphatic heterocycles. The van der Waals surface area contributed by atoms with Crippen LogP contribution in [0.4, 0.5) is 11.5 Å². The predicted octanol–water partition coefficient (Wildman–Crippen LogP) is 6.79. The average molecular weight is 512 g/mol. The maximum absolute atomic E-state index is 11.9. The molecule has 5 aromatic rings. The quantitative estimate of drug-likeness (QED) is 0.266. The van der Waals surface area contributed by atoms with Crippen molar-refractivity contribution in [3.05, 3.63) is 102 Å². The molecule has 39 heavy (non-hydrogen) atoms. The summed E-state index contributed by atoms with van der Waals surface area (Å²) in [7, 11) is 0. The Morgan fingerprint density at radius 1 is 0.974 bits per heavy atom. The van der Waals surface area contributed by atoms with Gasteiger partial charge in [-0.25, -0.2) is 9.97 Å². The number of carbonyl (C=O) groups is 1. The number of Topliss-reactive ketones (excluding diaryl/α,β-unsaturated/α-hetero) is 1. The molecule has 3 aromatic carbocycles. The van der Waals surface area contributed by atoms with E-state index in [1.807, 2.05) is 30.3 Å². The molecular weight excluding hydrogens is 482 g/mol. The molecule has 3 heterocycles. The van der Waals surface area contributed by atoms with Crippen molar-refractivity contribution >= 4 is 17.3 Å². The first-order chi connectivity index (χ1) is 19.0. The van der Waals surface area contributed by atoms with E-state index in [9.17, 15) is 4.79 Å². The van der Waals surface area contributed by atoms with Crippen LogP contribution >= 0.6 is 0 Å². The molecule has 2 aromatic heterocycles. The maximum atomic E-state index is 11.9. The number of para-hydroxylation sites is 1. The third kappa shape index (κ3) is 3.96. The molecule has 6 nitrogen and oxygen atoms in total. The van der Waals surface area contributed by atoms with Gasteiger partial charge in [-0.2, -0.15) is 0 Å². The Bertz CT molecular complexity index is 1730. The molecule has 0 amide bonds. The molecule has 0 spiro atoms. The number of aromatic nitrogens is 3. The van der Waals surface area contributed by atoms with Gasteiger partial charge in [0.05, 0.1) is 22.8 Å². The summed E-state index contributed by atoms with van der Waals surface area (Å²) in [4.78, 5) is 21.9. The first-order valence-electron chi connectivity index (χ1n) is 13.4. The number of benzene rings is 3. The zero-order valence-corrected chi connectivity index (χ0v) is 21.8. The second-order valence-electron chi connectivity index (χ2n) is 10.7. The van der Waals surface area contributed by atoms with E-state index in [0.717, 1.165) is 69.5 Å². The molecule has 2 aliphatic rings. The molecule has 1 fully saturated rings. The van der Waals surface area contributed by atoms with Gasteiger partial charge in [0.15, 0.2) is 5.82 Å².